The Balaban J connectivity index is 1.69. The van der Waals surface area contributed by atoms with Gasteiger partial charge in [0.25, 0.3) is 5.91 Å². The van der Waals surface area contributed by atoms with Crippen LogP contribution >= 0.6 is 0 Å². The molecule has 7 nitrogen and oxygen atoms in total. The molecular formula is C24H23FN6O. The van der Waals surface area contributed by atoms with E-state index < -0.39 is 5.82 Å². The van der Waals surface area contributed by atoms with E-state index >= 15 is 4.39 Å². The van der Waals surface area contributed by atoms with Crippen LogP contribution in [0.15, 0.2) is 72.6 Å². The number of carbonyl (C=O) groups is 1. The molecule has 4 rings (SSSR count). The van der Waals surface area contributed by atoms with Crippen molar-refractivity contribution in [2.45, 2.75) is 6.92 Å². The van der Waals surface area contributed by atoms with Gasteiger partial charge in [-0.1, -0.05) is 18.7 Å². The summed E-state index contributed by atoms with van der Waals surface area (Å²) in [6.07, 6.45) is 7.33. The number of amides is 1. The van der Waals surface area contributed by atoms with E-state index in [0.29, 0.717) is 22.2 Å². The summed E-state index contributed by atoms with van der Waals surface area (Å²) in [5.74, 6) is -0.679. The fraction of sp³-hybridized carbons (Fsp3) is 0.125. The number of nitrogens with zero attached hydrogens (tertiary/aromatic N) is 3. The van der Waals surface area contributed by atoms with E-state index in [0.717, 1.165) is 17.1 Å². The van der Waals surface area contributed by atoms with Crippen LogP contribution < -0.4 is 10.6 Å². The SMILES string of the molecule is C=C/C(=C1/C=CC=C(C)N1C)c1nc2[nH]nc(NC(=O)c3ccc(NC)cc3)c2cc1F. The smallest absolute Gasteiger partial charge is 0.256 e. The van der Waals surface area contributed by atoms with E-state index in [1.54, 1.807) is 37.4 Å². The van der Waals surface area contributed by atoms with Gasteiger partial charge in [0.1, 0.15) is 11.5 Å². The maximum Gasteiger partial charge on any atom is 0.256 e. The molecule has 0 atom stereocenters. The van der Waals surface area contributed by atoms with Gasteiger partial charge in [-0.25, -0.2) is 9.37 Å². The Hall–Kier alpha value is -4.20. The van der Waals surface area contributed by atoms with Crippen LogP contribution in [0, 0.1) is 5.82 Å². The number of pyridine rings is 1. The van der Waals surface area contributed by atoms with E-state index in [1.165, 1.54) is 6.07 Å². The summed E-state index contributed by atoms with van der Waals surface area (Å²) in [4.78, 5) is 19.0. The van der Waals surface area contributed by atoms with Crippen LogP contribution in [-0.4, -0.2) is 40.1 Å². The number of allylic oxidation sites excluding steroid dienone is 6. The molecule has 0 aliphatic carbocycles. The maximum atomic E-state index is 15.2. The first-order chi connectivity index (χ1) is 15.4. The molecule has 0 spiro atoms. The van der Waals surface area contributed by atoms with Crippen molar-refractivity contribution in [1.82, 2.24) is 20.1 Å². The van der Waals surface area contributed by atoms with Crippen LogP contribution in [0.1, 0.15) is 23.0 Å². The van der Waals surface area contributed by atoms with Crippen LogP contribution in [0.2, 0.25) is 0 Å². The molecule has 2 aromatic heterocycles. The second-order valence-corrected chi connectivity index (χ2v) is 7.30. The molecule has 1 aromatic carbocycles. The van der Waals surface area contributed by atoms with Crippen LogP contribution in [0.25, 0.3) is 16.6 Å². The van der Waals surface area contributed by atoms with Gasteiger partial charge < -0.3 is 15.5 Å². The maximum absolute atomic E-state index is 15.2. The molecule has 3 N–H and O–H groups in total. The Morgan fingerprint density at radius 3 is 2.72 bits per heavy atom. The third kappa shape index (κ3) is 3.78. The van der Waals surface area contributed by atoms with Crippen molar-refractivity contribution >= 4 is 34.0 Å². The van der Waals surface area contributed by atoms with Gasteiger partial charge >= 0.3 is 0 Å². The van der Waals surface area contributed by atoms with Gasteiger partial charge in [-0.2, -0.15) is 5.10 Å². The fourth-order valence-electron chi connectivity index (χ4n) is 3.46. The lowest BCUT2D eigenvalue weighted by molar-refractivity contribution is 0.102. The number of hydrogen-bond acceptors (Lipinski definition) is 5. The highest BCUT2D eigenvalue weighted by molar-refractivity contribution is 6.07. The van der Waals surface area contributed by atoms with Gasteiger partial charge in [0.15, 0.2) is 11.5 Å². The van der Waals surface area contributed by atoms with Gasteiger partial charge in [-0.05, 0) is 49.4 Å². The molecule has 1 aliphatic heterocycles. The molecule has 0 saturated carbocycles. The highest BCUT2D eigenvalue weighted by atomic mass is 19.1. The number of anilines is 2. The number of hydrogen-bond donors (Lipinski definition) is 3. The summed E-state index contributed by atoms with van der Waals surface area (Å²) in [5, 5.41) is 13.0. The summed E-state index contributed by atoms with van der Waals surface area (Å²) in [5.41, 5.74) is 4.21. The van der Waals surface area contributed by atoms with Gasteiger partial charge in [-0.15, -0.1) is 0 Å². The summed E-state index contributed by atoms with van der Waals surface area (Å²) in [6.45, 7) is 5.82. The number of likely N-dealkylation sites (N-methyl/N-ethyl adjacent to an activating group) is 1. The molecule has 3 heterocycles. The number of halogens is 1. The second-order valence-electron chi connectivity index (χ2n) is 7.30. The van der Waals surface area contributed by atoms with Crippen molar-refractivity contribution in [3.63, 3.8) is 0 Å². The van der Waals surface area contributed by atoms with Crippen LogP contribution in [0.5, 0.6) is 0 Å². The number of fused-ring (bicyclic) bond motifs is 1. The average Bonchev–Trinajstić information content (AvgIpc) is 3.18. The predicted molar refractivity (Wildman–Crippen MR) is 126 cm³/mol. The predicted octanol–water partition coefficient (Wildman–Crippen LogP) is 4.69. The van der Waals surface area contributed by atoms with Crippen molar-refractivity contribution in [3.05, 3.63) is 89.7 Å². The zero-order valence-corrected chi connectivity index (χ0v) is 18.0. The van der Waals surface area contributed by atoms with Crippen molar-refractivity contribution in [1.29, 1.82) is 0 Å². The summed E-state index contributed by atoms with van der Waals surface area (Å²) < 4.78 is 15.2. The lowest BCUT2D eigenvalue weighted by Gasteiger charge is -2.26. The molecule has 0 saturated heterocycles. The largest absolute Gasteiger partial charge is 0.388 e. The summed E-state index contributed by atoms with van der Waals surface area (Å²) in [7, 11) is 3.70. The molecule has 0 radical (unpaired) electrons. The van der Waals surface area contributed by atoms with Gasteiger partial charge in [0, 0.05) is 36.6 Å². The number of nitrogens with one attached hydrogen (secondary N) is 3. The Morgan fingerprint density at radius 2 is 2.03 bits per heavy atom. The van der Waals surface area contributed by atoms with E-state index in [2.05, 4.69) is 32.4 Å². The third-order valence-electron chi connectivity index (χ3n) is 5.39. The van der Waals surface area contributed by atoms with Gasteiger partial charge in [-0.3, -0.25) is 9.89 Å². The molecule has 3 aromatic rings. The first kappa shape index (κ1) is 21.0. The standard InChI is InChI=1S/C24H23FN6O/c1-5-17(20-8-6-7-14(2)31(20)4)21-19(25)13-18-22(27-21)29-30-23(18)28-24(32)15-9-11-16(26-3)12-10-15/h5-13,26H,1H2,2-4H3,(H2,27,28,29,30,32)/b20-17+. The first-order valence-electron chi connectivity index (χ1n) is 10.0. The lowest BCUT2D eigenvalue weighted by Crippen LogP contribution is -2.18. The number of rotatable bonds is 5. The van der Waals surface area contributed by atoms with E-state index in [9.17, 15) is 4.79 Å². The Kier molecular flexibility index (Phi) is 5.59. The van der Waals surface area contributed by atoms with Gasteiger partial charge in [0.2, 0.25) is 0 Å². The third-order valence-corrected chi connectivity index (χ3v) is 5.39. The van der Waals surface area contributed by atoms with E-state index in [4.69, 9.17) is 0 Å². The number of aromatic nitrogens is 3. The minimum Gasteiger partial charge on any atom is -0.388 e. The molecule has 162 valence electrons. The number of aromatic amines is 1. The average molecular weight is 430 g/mol. The molecule has 1 aliphatic rings. The normalized spacial score (nSPS) is 14.9. The Morgan fingerprint density at radius 1 is 1.28 bits per heavy atom. The number of carbonyl (C=O) groups excluding carboxylic acids is 1. The highest BCUT2D eigenvalue weighted by Crippen LogP contribution is 2.30. The van der Waals surface area contributed by atoms with Crippen LogP contribution in [-0.2, 0) is 0 Å². The van der Waals surface area contributed by atoms with E-state index in [1.807, 2.05) is 37.1 Å². The lowest BCUT2D eigenvalue weighted by atomic mass is 10.0. The Bertz CT molecular complexity index is 1300. The molecular weight excluding hydrogens is 407 g/mol. The zero-order valence-electron chi connectivity index (χ0n) is 18.0. The fourth-order valence-corrected chi connectivity index (χ4v) is 3.46. The van der Waals surface area contributed by atoms with Crippen LogP contribution in [0.4, 0.5) is 15.9 Å². The minimum absolute atomic E-state index is 0.151. The number of benzene rings is 1. The molecule has 0 unspecified atom stereocenters. The van der Waals surface area contributed by atoms with Gasteiger partial charge in [0.05, 0.1) is 11.1 Å². The minimum atomic E-state index is -0.538. The van der Waals surface area contributed by atoms with Crippen molar-refractivity contribution in [2.75, 3.05) is 24.7 Å². The Labute approximate surface area is 185 Å². The monoisotopic (exact) mass is 430 g/mol. The molecule has 1 amide bonds. The van der Waals surface area contributed by atoms with Crippen molar-refractivity contribution in [2.24, 2.45) is 0 Å². The van der Waals surface area contributed by atoms with E-state index in [-0.39, 0.29) is 17.4 Å². The molecule has 32 heavy (non-hydrogen) atoms. The highest BCUT2D eigenvalue weighted by Gasteiger charge is 2.20. The topological polar surface area (TPSA) is 85.9 Å². The van der Waals surface area contributed by atoms with Crippen molar-refractivity contribution < 1.29 is 9.18 Å². The summed E-state index contributed by atoms with van der Waals surface area (Å²) in [6, 6.07) is 8.30. The van der Waals surface area contributed by atoms with Crippen molar-refractivity contribution in [3.8, 4) is 0 Å². The first-order valence-corrected chi connectivity index (χ1v) is 10.0. The van der Waals surface area contributed by atoms with Crippen LogP contribution in [0.3, 0.4) is 0 Å². The molecule has 0 fully saturated rings. The molecule has 0 bridgehead atoms. The molecule has 8 heteroatoms. The summed E-state index contributed by atoms with van der Waals surface area (Å²) >= 11 is 0. The zero-order chi connectivity index (χ0) is 22.8. The second kappa shape index (κ2) is 8.50. The number of H-pyrrole nitrogens is 1. The quantitative estimate of drug-likeness (QED) is 0.547.